The summed E-state index contributed by atoms with van der Waals surface area (Å²) in [6.07, 6.45) is 4.25. The maximum absolute atomic E-state index is 10.1. The molecule has 1 aromatic rings. The number of rotatable bonds is 1. The number of nitrogens with two attached hydrogens (primary N) is 1. The van der Waals surface area contributed by atoms with Gasteiger partial charge in [-0.15, -0.1) is 0 Å². The molecule has 1 fully saturated rings. The molecule has 1 aromatic carbocycles. The van der Waals surface area contributed by atoms with Crippen LogP contribution in [0.3, 0.4) is 0 Å². The van der Waals surface area contributed by atoms with E-state index in [2.05, 4.69) is 15.9 Å². The van der Waals surface area contributed by atoms with Gasteiger partial charge in [-0.05, 0) is 47.3 Å². The van der Waals surface area contributed by atoms with Crippen LogP contribution in [0.4, 0.5) is 0 Å². The van der Waals surface area contributed by atoms with Crippen LogP contribution in [0.25, 0.3) is 0 Å². The smallest absolute Gasteiger partial charge is 0.135 e. The third kappa shape index (κ3) is 1.79. The second-order valence-corrected chi connectivity index (χ2v) is 5.31. The standard InChI is InChI=1S/C12H16BrNO/c1-8-4-5-9(13)11(15)10(8)12(14)6-2-3-7-12/h4-5,15H,2-3,6-7,14H2,1H3. The Morgan fingerprint density at radius 2 is 1.93 bits per heavy atom. The molecule has 0 atom stereocenters. The summed E-state index contributed by atoms with van der Waals surface area (Å²) in [6.45, 7) is 2.01. The molecule has 0 aliphatic heterocycles. The molecule has 3 heteroatoms. The molecule has 82 valence electrons. The predicted octanol–water partition coefficient (Wildman–Crippen LogP) is 3.19. The van der Waals surface area contributed by atoms with Gasteiger partial charge in [0, 0.05) is 11.1 Å². The lowest BCUT2D eigenvalue weighted by molar-refractivity contribution is 0.405. The highest BCUT2D eigenvalue weighted by atomic mass is 79.9. The van der Waals surface area contributed by atoms with E-state index < -0.39 is 0 Å². The summed E-state index contributed by atoms with van der Waals surface area (Å²) in [5.74, 6) is 0.319. The van der Waals surface area contributed by atoms with Crippen molar-refractivity contribution in [1.29, 1.82) is 0 Å². The van der Waals surface area contributed by atoms with E-state index >= 15 is 0 Å². The van der Waals surface area contributed by atoms with Crippen LogP contribution in [0.1, 0.15) is 36.8 Å². The molecule has 2 rings (SSSR count). The first kappa shape index (κ1) is 11.0. The number of benzene rings is 1. The molecular formula is C12H16BrNO. The average molecular weight is 270 g/mol. The van der Waals surface area contributed by atoms with E-state index in [1.807, 2.05) is 19.1 Å². The van der Waals surface area contributed by atoms with E-state index in [0.717, 1.165) is 41.3 Å². The van der Waals surface area contributed by atoms with Gasteiger partial charge in [-0.25, -0.2) is 0 Å². The first-order chi connectivity index (χ1) is 7.04. The van der Waals surface area contributed by atoms with Gasteiger partial charge in [-0.2, -0.15) is 0 Å². The maximum atomic E-state index is 10.1. The van der Waals surface area contributed by atoms with Crippen molar-refractivity contribution in [2.24, 2.45) is 5.73 Å². The Bertz CT molecular complexity index is 383. The highest BCUT2D eigenvalue weighted by molar-refractivity contribution is 9.10. The molecule has 0 amide bonds. The van der Waals surface area contributed by atoms with Crippen LogP contribution in [0.15, 0.2) is 16.6 Å². The Labute approximate surface area is 98.6 Å². The van der Waals surface area contributed by atoms with Crippen LogP contribution in [0, 0.1) is 6.92 Å². The van der Waals surface area contributed by atoms with E-state index in [0.29, 0.717) is 5.75 Å². The van der Waals surface area contributed by atoms with Crippen molar-refractivity contribution < 1.29 is 5.11 Å². The SMILES string of the molecule is Cc1ccc(Br)c(O)c1C1(N)CCCC1. The van der Waals surface area contributed by atoms with Gasteiger partial charge < -0.3 is 10.8 Å². The van der Waals surface area contributed by atoms with E-state index in [1.165, 1.54) is 0 Å². The highest BCUT2D eigenvalue weighted by Crippen LogP contribution is 2.44. The Hall–Kier alpha value is -0.540. The lowest BCUT2D eigenvalue weighted by atomic mass is 9.85. The van der Waals surface area contributed by atoms with Gasteiger partial charge in [0.25, 0.3) is 0 Å². The Kier molecular flexibility index (Phi) is 2.77. The molecule has 0 unspecified atom stereocenters. The summed E-state index contributed by atoms with van der Waals surface area (Å²) >= 11 is 3.35. The number of halogens is 1. The Balaban J connectivity index is 2.55. The third-order valence-corrected chi connectivity index (χ3v) is 3.97. The van der Waals surface area contributed by atoms with Crippen LogP contribution < -0.4 is 5.73 Å². The van der Waals surface area contributed by atoms with Gasteiger partial charge in [-0.1, -0.05) is 18.9 Å². The second-order valence-electron chi connectivity index (χ2n) is 4.45. The van der Waals surface area contributed by atoms with Crippen molar-refractivity contribution in [3.8, 4) is 5.75 Å². The summed E-state index contributed by atoms with van der Waals surface area (Å²) in [5, 5.41) is 10.1. The van der Waals surface area contributed by atoms with Crippen molar-refractivity contribution in [3.63, 3.8) is 0 Å². The largest absolute Gasteiger partial charge is 0.506 e. The summed E-state index contributed by atoms with van der Waals surface area (Å²) in [7, 11) is 0. The lowest BCUT2D eigenvalue weighted by Crippen LogP contribution is -2.34. The van der Waals surface area contributed by atoms with Crippen LogP contribution in [0.2, 0.25) is 0 Å². The molecule has 0 saturated heterocycles. The maximum Gasteiger partial charge on any atom is 0.135 e. The fourth-order valence-corrected chi connectivity index (χ4v) is 2.88. The van der Waals surface area contributed by atoms with Crippen molar-refractivity contribution in [2.45, 2.75) is 38.1 Å². The van der Waals surface area contributed by atoms with Crippen LogP contribution in [0.5, 0.6) is 5.75 Å². The zero-order valence-electron chi connectivity index (χ0n) is 8.89. The molecule has 0 radical (unpaired) electrons. The summed E-state index contributed by atoms with van der Waals surface area (Å²) in [6, 6.07) is 3.87. The minimum absolute atomic E-state index is 0.319. The van der Waals surface area contributed by atoms with Crippen LogP contribution in [-0.2, 0) is 5.54 Å². The van der Waals surface area contributed by atoms with Gasteiger partial charge in [0.15, 0.2) is 0 Å². The third-order valence-electron chi connectivity index (χ3n) is 3.33. The van der Waals surface area contributed by atoms with Gasteiger partial charge in [0.05, 0.1) is 4.47 Å². The van der Waals surface area contributed by atoms with Crippen molar-refractivity contribution >= 4 is 15.9 Å². The molecule has 0 aromatic heterocycles. The molecule has 1 saturated carbocycles. The number of hydrogen-bond acceptors (Lipinski definition) is 2. The number of aromatic hydroxyl groups is 1. The quantitative estimate of drug-likeness (QED) is 0.823. The first-order valence-electron chi connectivity index (χ1n) is 5.32. The van der Waals surface area contributed by atoms with E-state index in [1.54, 1.807) is 0 Å². The fraction of sp³-hybridized carbons (Fsp3) is 0.500. The Morgan fingerprint density at radius 1 is 1.33 bits per heavy atom. The minimum Gasteiger partial charge on any atom is -0.506 e. The number of phenolic OH excluding ortho intramolecular Hbond substituents is 1. The molecule has 2 nitrogen and oxygen atoms in total. The number of hydrogen-bond donors (Lipinski definition) is 2. The van der Waals surface area contributed by atoms with Crippen molar-refractivity contribution in [3.05, 3.63) is 27.7 Å². The molecule has 15 heavy (non-hydrogen) atoms. The zero-order valence-corrected chi connectivity index (χ0v) is 10.5. The van der Waals surface area contributed by atoms with E-state index in [9.17, 15) is 5.11 Å². The molecule has 3 N–H and O–H groups in total. The molecular weight excluding hydrogens is 254 g/mol. The van der Waals surface area contributed by atoms with Gasteiger partial charge in [-0.3, -0.25) is 0 Å². The lowest BCUT2D eigenvalue weighted by Gasteiger charge is -2.27. The van der Waals surface area contributed by atoms with Gasteiger partial charge in [0.1, 0.15) is 5.75 Å². The topological polar surface area (TPSA) is 46.2 Å². The highest BCUT2D eigenvalue weighted by Gasteiger charge is 2.35. The molecule has 0 spiro atoms. The van der Waals surface area contributed by atoms with E-state index in [-0.39, 0.29) is 5.54 Å². The van der Waals surface area contributed by atoms with Crippen LogP contribution >= 0.6 is 15.9 Å². The minimum atomic E-state index is -0.321. The van der Waals surface area contributed by atoms with E-state index in [4.69, 9.17) is 5.73 Å². The Morgan fingerprint density at radius 3 is 2.53 bits per heavy atom. The number of phenols is 1. The zero-order chi connectivity index (χ0) is 11.1. The number of aryl methyl sites for hydroxylation is 1. The second kappa shape index (κ2) is 3.80. The summed E-state index contributed by atoms with van der Waals surface area (Å²) in [4.78, 5) is 0. The fourth-order valence-electron chi connectivity index (χ4n) is 2.55. The first-order valence-corrected chi connectivity index (χ1v) is 6.11. The summed E-state index contributed by atoms with van der Waals surface area (Å²) in [5.41, 5.74) is 8.06. The summed E-state index contributed by atoms with van der Waals surface area (Å²) < 4.78 is 0.736. The molecule has 0 heterocycles. The van der Waals surface area contributed by atoms with Crippen molar-refractivity contribution in [2.75, 3.05) is 0 Å². The average Bonchev–Trinajstić information content (AvgIpc) is 2.60. The van der Waals surface area contributed by atoms with Gasteiger partial charge >= 0.3 is 0 Å². The molecule has 1 aliphatic carbocycles. The monoisotopic (exact) mass is 269 g/mol. The predicted molar refractivity (Wildman–Crippen MR) is 64.9 cm³/mol. The van der Waals surface area contributed by atoms with Crippen LogP contribution in [-0.4, -0.2) is 5.11 Å². The normalized spacial score (nSPS) is 19.4. The van der Waals surface area contributed by atoms with Crippen molar-refractivity contribution in [1.82, 2.24) is 0 Å². The molecule has 1 aliphatic rings. The molecule has 0 bridgehead atoms. The van der Waals surface area contributed by atoms with Gasteiger partial charge in [0.2, 0.25) is 0 Å².